The number of nitrogens with one attached hydrogen (secondary N) is 1. The van der Waals surface area contributed by atoms with Gasteiger partial charge in [0.05, 0.1) is 0 Å². The van der Waals surface area contributed by atoms with Crippen LogP contribution in [0.2, 0.25) is 0 Å². The third kappa shape index (κ3) is 4.97. The van der Waals surface area contributed by atoms with Crippen LogP contribution in [0, 0.1) is 5.92 Å². The lowest BCUT2D eigenvalue weighted by molar-refractivity contribution is 0.275. The maximum absolute atomic E-state index is 3.72. The molecule has 0 aromatic carbocycles. The summed E-state index contributed by atoms with van der Waals surface area (Å²) in [5, 5.41) is 3.72. The normalized spacial score (nSPS) is 28.4. The highest BCUT2D eigenvalue weighted by Gasteiger charge is 2.15. The maximum Gasteiger partial charge on any atom is 0.00670 e. The van der Waals surface area contributed by atoms with Crippen molar-refractivity contribution >= 4 is 0 Å². The van der Waals surface area contributed by atoms with E-state index in [0.29, 0.717) is 0 Å². The topological polar surface area (TPSA) is 15.3 Å². The van der Waals surface area contributed by atoms with E-state index in [-0.39, 0.29) is 0 Å². The molecule has 2 fully saturated rings. The molecular weight excluding hydrogens is 208 g/mol. The average Bonchev–Trinajstić information content (AvgIpc) is 2.75. The van der Waals surface area contributed by atoms with E-state index in [1.807, 2.05) is 0 Å². The van der Waals surface area contributed by atoms with Gasteiger partial charge >= 0.3 is 0 Å². The summed E-state index contributed by atoms with van der Waals surface area (Å²) in [7, 11) is 0. The molecule has 0 aromatic heterocycles. The molecule has 0 aromatic rings. The molecule has 0 radical (unpaired) electrons. The third-order valence-electron chi connectivity index (χ3n) is 4.55. The van der Waals surface area contributed by atoms with Crippen molar-refractivity contribution < 1.29 is 0 Å². The molecule has 0 bridgehead atoms. The summed E-state index contributed by atoms with van der Waals surface area (Å²) in [5.41, 5.74) is 0. The van der Waals surface area contributed by atoms with Crippen molar-refractivity contribution in [3.63, 3.8) is 0 Å². The van der Waals surface area contributed by atoms with Crippen molar-refractivity contribution in [2.24, 2.45) is 5.92 Å². The molecule has 1 atom stereocenters. The van der Waals surface area contributed by atoms with E-state index in [2.05, 4.69) is 17.1 Å². The van der Waals surface area contributed by atoms with Crippen molar-refractivity contribution in [2.45, 2.75) is 64.3 Å². The van der Waals surface area contributed by atoms with E-state index in [9.17, 15) is 0 Å². The van der Waals surface area contributed by atoms with E-state index in [4.69, 9.17) is 0 Å². The fourth-order valence-corrected chi connectivity index (χ4v) is 3.28. The Morgan fingerprint density at radius 1 is 1.00 bits per heavy atom. The largest absolute Gasteiger partial charge is 0.314 e. The molecule has 1 saturated heterocycles. The highest BCUT2D eigenvalue weighted by atomic mass is 15.1. The van der Waals surface area contributed by atoms with Gasteiger partial charge in [-0.1, -0.05) is 19.8 Å². The van der Waals surface area contributed by atoms with Gasteiger partial charge in [0.15, 0.2) is 0 Å². The van der Waals surface area contributed by atoms with Gasteiger partial charge in [0.25, 0.3) is 0 Å². The second-order valence-electron chi connectivity index (χ2n) is 6.17. The molecule has 17 heavy (non-hydrogen) atoms. The van der Waals surface area contributed by atoms with Crippen LogP contribution < -0.4 is 5.32 Å². The van der Waals surface area contributed by atoms with Crippen molar-refractivity contribution in [3.05, 3.63) is 0 Å². The van der Waals surface area contributed by atoms with Crippen LogP contribution in [0.15, 0.2) is 0 Å². The minimum atomic E-state index is 0.846. The first-order valence-corrected chi connectivity index (χ1v) is 7.80. The molecule has 1 heterocycles. The summed E-state index contributed by atoms with van der Waals surface area (Å²) in [6.07, 6.45) is 11.3. The first-order valence-electron chi connectivity index (χ1n) is 7.80. The van der Waals surface area contributed by atoms with E-state index >= 15 is 0 Å². The number of hydrogen-bond acceptors (Lipinski definition) is 2. The van der Waals surface area contributed by atoms with Crippen molar-refractivity contribution in [3.8, 4) is 0 Å². The molecule has 2 rings (SSSR count). The Morgan fingerprint density at radius 2 is 1.82 bits per heavy atom. The molecule has 1 unspecified atom stereocenters. The molecule has 1 saturated carbocycles. The second-order valence-corrected chi connectivity index (χ2v) is 6.17. The minimum Gasteiger partial charge on any atom is -0.314 e. The van der Waals surface area contributed by atoms with Gasteiger partial charge in [-0.3, -0.25) is 0 Å². The molecule has 2 aliphatic rings. The quantitative estimate of drug-likeness (QED) is 0.741. The SMILES string of the molecule is CC1CCCN(CCCNC2CCCC2)CC1. The monoisotopic (exact) mass is 238 g/mol. The lowest BCUT2D eigenvalue weighted by Crippen LogP contribution is -2.31. The van der Waals surface area contributed by atoms with Crippen LogP contribution in [-0.4, -0.2) is 37.1 Å². The molecule has 1 N–H and O–H groups in total. The molecule has 1 aliphatic heterocycles. The zero-order chi connectivity index (χ0) is 11.9. The molecule has 0 spiro atoms. The van der Waals surface area contributed by atoms with Crippen LogP contribution in [0.4, 0.5) is 0 Å². The summed E-state index contributed by atoms with van der Waals surface area (Å²) in [6.45, 7) is 7.63. The third-order valence-corrected chi connectivity index (χ3v) is 4.55. The zero-order valence-electron chi connectivity index (χ0n) is 11.6. The summed E-state index contributed by atoms with van der Waals surface area (Å²) < 4.78 is 0. The van der Waals surface area contributed by atoms with Gasteiger partial charge in [0, 0.05) is 6.04 Å². The van der Waals surface area contributed by atoms with E-state index < -0.39 is 0 Å². The predicted molar refractivity (Wildman–Crippen MR) is 74.3 cm³/mol. The second kappa shape index (κ2) is 7.38. The molecule has 0 amide bonds. The van der Waals surface area contributed by atoms with Crippen LogP contribution in [0.1, 0.15) is 58.3 Å². The first kappa shape index (κ1) is 13.4. The van der Waals surface area contributed by atoms with Crippen LogP contribution in [-0.2, 0) is 0 Å². The highest BCUT2D eigenvalue weighted by molar-refractivity contribution is 4.74. The van der Waals surface area contributed by atoms with Gasteiger partial charge in [0.2, 0.25) is 0 Å². The Morgan fingerprint density at radius 3 is 2.65 bits per heavy atom. The maximum atomic E-state index is 3.72. The van der Waals surface area contributed by atoms with Gasteiger partial charge in [0.1, 0.15) is 0 Å². The predicted octanol–water partition coefficient (Wildman–Crippen LogP) is 3.03. The summed E-state index contributed by atoms with van der Waals surface area (Å²) in [4.78, 5) is 2.68. The van der Waals surface area contributed by atoms with Gasteiger partial charge in [-0.05, 0) is 70.6 Å². The number of hydrogen-bond donors (Lipinski definition) is 1. The van der Waals surface area contributed by atoms with E-state index in [0.717, 1.165) is 12.0 Å². The zero-order valence-corrected chi connectivity index (χ0v) is 11.6. The Kier molecular flexibility index (Phi) is 5.79. The smallest absolute Gasteiger partial charge is 0.00670 e. The Hall–Kier alpha value is -0.0800. The van der Waals surface area contributed by atoms with Crippen molar-refractivity contribution in [2.75, 3.05) is 26.2 Å². The molecule has 2 nitrogen and oxygen atoms in total. The number of likely N-dealkylation sites (tertiary alicyclic amines) is 1. The Bertz CT molecular complexity index is 199. The van der Waals surface area contributed by atoms with Crippen LogP contribution >= 0.6 is 0 Å². The lowest BCUT2D eigenvalue weighted by Gasteiger charge is -2.20. The lowest BCUT2D eigenvalue weighted by atomic mass is 10.0. The summed E-state index contributed by atoms with van der Waals surface area (Å²) in [6, 6.07) is 0.846. The number of nitrogens with zero attached hydrogens (tertiary/aromatic N) is 1. The number of rotatable bonds is 5. The van der Waals surface area contributed by atoms with E-state index in [1.165, 1.54) is 77.5 Å². The van der Waals surface area contributed by atoms with Gasteiger partial charge in [-0.25, -0.2) is 0 Å². The molecule has 1 aliphatic carbocycles. The first-order chi connectivity index (χ1) is 8.34. The fourth-order valence-electron chi connectivity index (χ4n) is 3.28. The minimum absolute atomic E-state index is 0.846. The Labute approximate surface area is 107 Å². The van der Waals surface area contributed by atoms with Gasteiger partial charge in [-0.2, -0.15) is 0 Å². The Balaban J connectivity index is 1.52. The summed E-state index contributed by atoms with van der Waals surface area (Å²) in [5.74, 6) is 0.955. The van der Waals surface area contributed by atoms with Gasteiger partial charge < -0.3 is 10.2 Å². The average molecular weight is 238 g/mol. The molecule has 2 heteroatoms. The summed E-state index contributed by atoms with van der Waals surface area (Å²) >= 11 is 0. The van der Waals surface area contributed by atoms with Crippen LogP contribution in [0.25, 0.3) is 0 Å². The molecular formula is C15H30N2. The van der Waals surface area contributed by atoms with Crippen LogP contribution in [0.5, 0.6) is 0 Å². The van der Waals surface area contributed by atoms with Crippen molar-refractivity contribution in [1.29, 1.82) is 0 Å². The standard InChI is InChI=1S/C15H30N2/c1-14-6-4-11-17(13-9-14)12-5-10-16-15-7-2-3-8-15/h14-16H,2-13H2,1H3. The molecule has 100 valence electrons. The van der Waals surface area contributed by atoms with Crippen LogP contribution in [0.3, 0.4) is 0 Å². The highest BCUT2D eigenvalue weighted by Crippen LogP contribution is 2.18. The van der Waals surface area contributed by atoms with Crippen molar-refractivity contribution in [1.82, 2.24) is 10.2 Å². The fraction of sp³-hybridized carbons (Fsp3) is 1.00. The van der Waals surface area contributed by atoms with Gasteiger partial charge in [-0.15, -0.1) is 0 Å². The van der Waals surface area contributed by atoms with E-state index in [1.54, 1.807) is 0 Å².